The summed E-state index contributed by atoms with van der Waals surface area (Å²) in [6.07, 6.45) is 8.27. The molecule has 0 aliphatic heterocycles. The summed E-state index contributed by atoms with van der Waals surface area (Å²) >= 11 is 0. The van der Waals surface area contributed by atoms with E-state index in [9.17, 15) is 9.59 Å². The highest BCUT2D eigenvalue weighted by molar-refractivity contribution is 5.94. The summed E-state index contributed by atoms with van der Waals surface area (Å²) in [5, 5.41) is 2.94. The predicted octanol–water partition coefficient (Wildman–Crippen LogP) is 0.369. The minimum Gasteiger partial charge on any atom is -0.355 e. The average molecular weight is 257 g/mol. The Hall–Kier alpha value is -2.70. The Morgan fingerprint density at radius 2 is 2.21 bits per heavy atom. The van der Waals surface area contributed by atoms with Crippen LogP contribution in [-0.4, -0.2) is 32.3 Å². The van der Waals surface area contributed by atoms with Crippen molar-refractivity contribution < 1.29 is 4.79 Å². The van der Waals surface area contributed by atoms with E-state index in [1.54, 1.807) is 12.2 Å². The summed E-state index contributed by atoms with van der Waals surface area (Å²) in [5.41, 5.74) is 0.384. The zero-order valence-corrected chi connectivity index (χ0v) is 9.88. The molecule has 2 heterocycles. The summed E-state index contributed by atoms with van der Waals surface area (Å²) in [4.78, 5) is 36.6. The van der Waals surface area contributed by atoms with Crippen molar-refractivity contribution in [2.75, 3.05) is 11.9 Å². The highest BCUT2D eigenvalue weighted by atomic mass is 16.1. The highest BCUT2D eigenvalue weighted by Crippen LogP contribution is 2.09. The smallest absolute Gasteiger partial charge is 0.278 e. The lowest BCUT2D eigenvalue weighted by Crippen LogP contribution is -2.23. The molecule has 2 aromatic heterocycles. The molecule has 1 unspecified atom stereocenters. The number of aromatic amines is 2. The van der Waals surface area contributed by atoms with Crippen LogP contribution in [0.1, 0.15) is 0 Å². The zero-order chi connectivity index (χ0) is 13.2. The number of allylic oxidation sites excluding steroid dienone is 3. The number of aromatic nitrogens is 4. The number of hydrogen-bond acceptors (Lipinski definition) is 5. The van der Waals surface area contributed by atoms with Gasteiger partial charge >= 0.3 is 0 Å². The maximum atomic E-state index is 11.7. The van der Waals surface area contributed by atoms with Crippen LogP contribution in [0.4, 0.5) is 5.95 Å². The number of nitrogens with one attached hydrogen (secondary N) is 3. The van der Waals surface area contributed by atoms with Crippen molar-refractivity contribution in [3.8, 4) is 0 Å². The molecule has 96 valence electrons. The Morgan fingerprint density at radius 3 is 3.05 bits per heavy atom. The second kappa shape index (κ2) is 4.52. The van der Waals surface area contributed by atoms with Crippen molar-refractivity contribution in [2.45, 2.75) is 0 Å². The summed E-state index contributed by atoms with van der Waals surface area (Å²) in [6, 6.07) is 0. The van der Waals surface area contributed by atoms with E-state index in [0.717, 1.165) is 0 Å². The lowest BCUT2D eigenvalue weighted by atomic mass is 10.00. The monoisotopic (exact) mass is 257 g/mol. The van der Waals surface area contributed by atoms with Crippen molar-refractivity contribution in [3.05, 3.63) is 41.0 Å². The maximum Gasteiger partial charge on any atom is 0.278 e. The molecular formula is C12H11N5O2. The van der Waals surface area contributed by atoms with Crippen molar-refractivity contribution >= 4 is 22.9 Å². The predicted molar refractivity (Wildman–Crippen MR) is 69.8 cm³/mol. The van der Waals surface area contributed by atoms with Gasteiger partial charge in [0.25, 0.3) is 5.56 Å². The number of imidazole rings is 1. The highest BCUT2D eigenvalue weighted by Gasteiger charge is 2.15. The molecule has 7 nitrogen and oxygen atoms in total. The number of nitrogens with zero attached hydrogens (tertiary/aromatic N) is 2. The van der Waals surface area contributed by atoms with Crippen molar-refractivity contribution in [1.29, 1.82) is 0 Å². The summed E-state index contributed by atoms with van der Waals surface area (Å²) in [7, 11) is 0. The van der Waals surface area contributed by atoms with Gasteiger partial charge in [-0.25, -0.2) is 4.98 Å². The average Bonchev–Trinajstić information content (AvgIpc) is 2.87. The molecule has 0 radical (unpaired) electrons. The van der Waals surface area contributed by atoms with Gasteiger partial charge < -0.3 is 10.3 Å². The number of fused-ring (bicyclic) bond motifs is 1. The SMILES string of the molecule is O=C1C=CC=CC1CNc1nc2nc[nH]c2c(=O)[nH]1. The van der Waals surface area contributed by atoms with Crippen LogP contribution in [0.25, 0.3) is 11.2 Å². The molecule has 0 amide bonds. The topological polar surface area (TPSA) is 104 Å². The van der Waals surface area contributed by atoms with Crippen LogP contribution in [0.3, 0.4) is 0 Å². The third-order valence-electron chi connectivity index (χ3n) is 2.87. The molecule has 0 fully saturated rings. The molecule has 0 bridgehead atoms. The third-order valence-corrected chi connectivity index (χ3v) is 2.87. The van der Waals surface area contributed by atoms with E-state index in [4.69, 9.17) is 0 Å². The quantitative estimate of drug-likeness (QED) is 0.737. The van der Waals surface area contributed by atoms with Gasteiger partial charge in [0.1, 0.15) is 0 Å². The van der Waals surface area contributed by atoms with E-state index < -0.39 is 0 Å². The Balaban J connectivity index is 1.78. The number of anilines is 1. The molecule has 0 aromatic carbocycles. The van der Waals surface area contributed by atoms with Crippen LogP contribution in [0.2, 0.25) is 0 Å². The zero-order valence-electron chi connectivity index (χ0n) is 9.88. The summed E-state index contributed by atoms with van der Waals surface area (Å²) in [6.45, 7) is 0.374. The van der Waals surface area contributed by atoms with Gasteiger partial charge in [-0.3, -0.25) is 14.6 Å². The number of carbonyl (C=O) groups is 1. The van der Waals surface area contributed by atoms with Gasteiger partial charge in [-0.05, 0) is 6.08 Å². The molecule has 3 rings (SSSR count). The standard InChI is InChI=1S/C12H11N5O2/c18-8-4-2-1-3-7(8)5-13-12-16-10-9(11(19)17-12)14-6-15-10/h1-4,6-7H,5H2,(H3,13,14,15,16,17,19). The molecular weight excluding hydrogens is 246 g/mol. The fraction of sp³-hybridized carbons (Fsp3) is 0.167. The minimum absolute atomic E-state index is 0.0261. The normalized spacial score (nSPS) is 18.1. The van der Waals surface area contributed by atoms with Crippen molar-refractivity contribution in [3.63, 3.8) is 0 Å². The van der Waals surface area contributed by atoms with Gasteiger partial charge in [0.05, 0.1) is 12.2 Å². The van der Waals surface area contributed by atoms with Crippen LogP contribution in [-0.2, 0) is 4.79 Å². The van der Waals surface area contributed by atoms with Crippen LogP contribution in [0.5, 0.6) is 0 Å². The molecule has 1 aliphatic carbocycles. The third kappa shape index (κ3) is 2.17. The van der Waals surface area contributed by atoms with E-state index in [1.807, 2.05) is 6.08 Å². The van der Waals surface area contributed by atoms with Gasteiger partial charge in [-0.15, -0.1) is 0 Å². The number of carbonyl (C=O) groups excluding carboxylic acids is 1. The molecule has 3 N–H and O–H groups in total. The second-order valence-electron chi connectivity index (χ2n) is 4.15. The van der Waals surface area contributed by atoms with Crippen molar-refractivity contribution in [1.82, 2.24) is 19.9 Å². The summed E-state index contributed by atoms with van der Waals surface area (Å²) in [5.74, 6) is 0.0868. The van der Waals surface area contributed by atoms with Gasteiger partial charge in [-0.1, -0.05) is 18.2 Å². The van der Waals surface area contributed by atoms with Crippen LogP contribution in [0, 0.1) is 5.92 Å². The molecule has 1 aliphatic rings. The van der Waals surface area contributed by atoms with E-state index in [2.05, 4.69) is 25.3 Å². The Morgan fingerprint density at radius 1 is 1.32 bits per heavy atom. The number of H-pyrrole nitrogens is 2. The van der Waals surface area contributed by atoms with E-state index in [0.29, 0.717) is 23.7 Å². The lowest BCUT2D eigenvalue weighted by molar-refractivity contribution is -0.116. The summed E-state index contributed by atoms with van der Waals surface area (Å²) < 4.78 is 0. The number of rotatable bonds is 3. The Kier molecular flexibility index (Phi) is 2.71. The van der Waals surface area contributed by atoms with Gasteiger partial charge in [0.2, 0.25) is 5.95 Å². The fourth-order valence-corrected chi connectivity index (χ4v) is 1.87. The first-order valence-corrected chi connectivity index (χ1v) is 5.80. The Bertz CT molecular complexity index is 740. The van der Waals surface area contributed by atoms with Crippen LogP contribution >= 0.6 is 0 Å². The van der Waals surface area contributed by atoms with E-state index in [-0.39, 0.29) is 17.3 Å². The molecule has 2 aromatic rings. The van der Waals surface area contributed by atoms with Crippen LogP contribution in [0.15, 0.2) is 35.4 Å². The molecule has 0 saturated carbocycles. The number of hydrogen-bond donors (Lipinski definition) is 3. The largest absolute Gasteiger partial charge is 0.355 e. The minimum atomic E-state index is -0.296. The Labute approximate surface area is 107 Å². The fourth-order valence-electron chi connectivity index (χ4n) is 1.87. The van der Waals surface area contributed by atoms with E-state index >= 15 is 0 Å². The van der Waals surface area contributed by atoms with Gasteiger partial charge in [-0.2, -0.15) is 4.98 Å². The molecule has 0 spiro atoms. The molecule has 1 atom stereocenters. The van der Waals surface area contributed by atoms with Gasteiger partial charge in [0.15, 0.2) is 16.9 Å². The second-order valence-corrected chi connectivity index (χ2v) is 4.15. The lowest BCUT2D eigenvalue weighted by Gasteiger charge is -2.12. The van der Waals surface area contributed by atoms with Crippen molar-refractivity contribution in [2.24, 2.45) is 5.92 Å². The maximum absolute atomic E-state index is 11.7. The molecule has 0 saturated heterocycles. The first kappa shape index (κ1) is 11.4. The number of ketones is 1. The van der Waals surface area contributed by atoms with E-state index in [1.165, 1.54) is 12.4 Å². The first-order chi connectivity index (χ1) is 9.24. The van der Waals surface area contributed by atoms with Gasteiger partial charge in [0, 0.05) is 6.54 Å². The first-order valence-electron chi connectivity index (χ1n) is 5.80. The molecule has 19 heavy (non-hydrogen) atoms. The van der Waals surface area contributed by atoms with Crippen LogP contribution < -0.4 is 10.9 Å². The molecule has 7 heteroatoms.